The van der Waals surface area contributed by atoms with Gasteiger partial charge in [-0.3, -0.25) is 4.79 Å². The zero-order valence-electron chi connectivity index (χ0n) is 15.8. The van der Waals surface area contributed by atoms with E-state index in [1.54, 1.807) is 17.0 Å². The lowest BCUT2D eigenvalue weighted by Crippen LogP contribution is -2.51. The Bertz CT molecular complexity index is 910. The van der Waals surface area contributed by atoms with E-state index in [0.29, 0.717) is 13.1 Å². The Hall–Kier alpha value is -1.71. The van der Waals surface area contributed by atoms with Crippen molar-refractivity contribution in [3.63, 3.8) is 0 Å². The molecule has 1 amide bonds. The number of nitrogens with two attached hydrogens (primary N) is 1. The van der Waals surface area contributed by atoms with Crippen LogP contribution in [0.5, 0.6) is 0 Å². The Morgan fingerprint density at radius 3 is 2.36 bits per heavy atom. The third-order valence-corrected chi connectivity index (χ3v) is 6.84. The normalized spacial score (nSPS) is 16.6. The molecule has 1 fully saturated rings. The van der Waals surface area contributed by atoms with Crippen molar-refractivity contribution in [2.45, 2.75) is 17.4 Å². The summed E-state index contributed by atoms with van der Waals surface area (Å²) in [6.07, 6.45) is -0.0957. The first-order valence-corrected chi connectivity index (χ1v) is 10.4. The van der Waals surface area contributed by atoms with E-state index in [1.165, 1.54) is 11.4 Å². The number of nitrogens with zero attached hydrogens (tertiary/aromatic N) is 2. The van der Waals surface area contributed by atoms with Crippen LogP contribution < -0.4 is 5.73 Å². The Morgan fingerprint density at radius 2 is 1.75 bits per heavy atom. The Morgan fingerprint density at radius 1 is 1.11 bits per heavy atom. The highest BCUT2D eigenvalue weighted by Crippen LogP contribution is 2.23. The highest BCUT2D eigenvalue weighted by Gasteiger charge is 2.30. The second-order valence-electron chi connectivity index (χ2n) is 6.59. The standard InChI is InChI=1S/C19H25N3O4S.ClH/c1-26-17(14-20)13-19(23)21-8-10-22(11-9-21)27(24,25)18-7-6-15-4-2-3-5-16(15)12-18;/h2-7,12,17H,8-11,13-14,20H2,1H3;1H. The van der Waals surface area contributed by atoms with Crippen LogP contribution in [0, 0.1) is 0 Å². The molecule has 28 heavy (non-hydrogen) atoms. The Balaban J connectivity index is 0.00000280. The third kappa shape index (κ3) is 4.82. The van der Waals surface area contributed by atoms with Gasteiger partial charge in [-0.15, -0.1) is 12.4 Å². The summed E-state index contributed by atoms with van der Waals surface area (Å²) in [7, 11) is -2.06. The SMILES string of the molecule is COC(CN)CC(=O)N1CCN(S(=O)(=O)c2ccc3ccccc3c2)CC1.Cl. The lowest BCUT2D eigenvalue weighted by atomic mass is 10.1. The van der Waals surface area contributed by atoms with E-state index in [-0.39, 0.29) is 55.4 Å². The third-order valence-electron chi connectivity index (χ3n) is 4.95. The average molecular weight is 428 g/mol. The van der Waals surface area contributed by atoms with Crippen molar-refractivity contribution in [1.29, 1.82) is 0 Å². The summed E-state index contributed by atoms with van der Waals surface area (Å²) in [4.78, 5) is 14.3. The van der Waals surface area contributed by atoms with Gasteiger partial charge >= 0.3 is 0 Å². The number of benzene rings is 2. The minimum atomic E-state index is -3.58. The van der Waals surface area contributed by atoms with E-state index < -0.39 is 10.0 Å². The topological polar surface area (TPSA) is 92.9 Å². The first-order valence-electron chi connectivity index (χ1n) is 8.95. The van der Waals surface area contributed by atoms with Crippen molar-refractivity contribution in [3.05, 3.63) is 42.5 Å². The first kappa shape index (κ1) is 22.6. The largest absolute Gasteiger partial charge is 0.380 e. The molecule has 0 bridgehead atoms. The van der Waals surface area contributed by atoms with Crippen molar-refractivity contribution in [3.8, 4) is 0 Å². The molecule has 2 aromatic carbocycles. The fourth-order valence-electron chi connectivity index (χ4n) is 3.24. The van der Waals surface area contributed by atoms with Gasteiger partial charge in [-0.1, -0.05) is 30.3 Å². The average Bonchev–Trinajstić information content (AvgIpc) is 2.71. The van der Waals surface area contributed by atoms with Crippen LogP contribution in [0.25, 0.3) is 10.8 Å². The number of hydrogen-bond donors (Lipinski definition) is 1. The van der Waals surface area contributed by atoms with E-state index in [2.05, 4.69) is 0 Å². The van der Waals surface area contributed by atoms with Crippen LogP contribution in [0.15, 0.2) is 47.4 Å². The predicted molar refractivity (Wildman–Crippen MR) is 111 cm³/mol. The molecule has 1 aliphatic rings. The monoisotopic (exact) mass is 427 g/mol. The molecule has 0 radical (unpaired) electrons. The van der Waals surface area contributed by atoms with Gasteiger partial charge in [0.2, 0.25) is 15.9 Å². The van der Waals surface area contributed by atoms with Gasteiger partial charge in [0.25, 0.3) is 0 Å². The summed E-state index contributed by atoms with van der Waals surface area (Å²) in [5.74, 6) is -0.0601. The fourth-order valence-corrected chi connectivity index (χ4v) is 4.70. The quantitative estimate of drug-likeness (QED) is 0.753. The van der Waals surface area contributed by atoms with Crippen LogP contribution >= 0.6 is 12.4 Å². The molecule has 1 heterocycles. The van der Waals surface area contributed by atoms with Gasteiger partial charge in [0.15, 0.2) is 0 Å². The number of amides is 1. The molecule has 0 aliphatic carbocycles. The maximum atomic E-state index is 13.0. The van der Waals surface area contributed by atoms with Crippen molar-refractivity contribution in [2.75, 3.05) is 39.8 Å². The van der Waals surface area contributed by atoms with Gasteiger partial charge in [-0.05, 0) is 22.9 Å². The molecule has 1 unspecified atom stereocenters. The zero-order valence-corrected chi connectivity index (χ0v) is 17.4. The first-order chi connectivity index (χ1) is 13.0. The molecular formula is C19H26ClN3O4S. The summed E-state index contributed by atoms with van der Waals surface area (Å²) in [6, 6.07) is 12.8. The van der Waals surface area contributed by atoms with E-state index in [0.717, 1.165) is 10.8 Å². The van der Waals surface area contributed by atoms with Crippen LogP contribution in [0.3, 0.4) is 0 Å². The molecule has 1 saturated heterocycles. The van der Waals surface area contributed by atoms with Crippen molar-refractivity contribution in [2.24, 2.45) is 5.73 Å². The summed E-state index contributed by atoms with van der Waals surface area (Å²) >= 11 is 0. The number of ether oxygens (including phenoxy) is 1. The molecule has 0 aromatic heterocycles. The number of methoxy groups -OCH3 is 1. The molecular weight excluding hydrogens is 402 g/mol. The minimum Gasteiger partial charge on any atom is -0.380 e. The van der Waals surface area contributed by atoms with Gasteiger partial charge in [0.1, 0.15) is 0 Å². The van der Waals surface area contributed by atoms with Crippen LogP contribution in [-0.4, -0.2) is 69.5 Å². The van der Waals surface area contributed by atoms with E-state index in [1.807, 2.05) is 30.3 Å². The minimum absolute atomic E-state index is 0. The van der Waals surface area contributed by atoms with Crippen LogP contribution in [0.2, 0.25) is 0 Å². The molecule has 0 spiro atoms. The van der Waals surface area contributed by atoms with E-state index >= 15 is 0 Å². The molecule has 1 aliphatic heterocycles. The summed E-state index contributed by atoms with van der Waals surface area (Å²) in [5, 5.41) is 1.89. The molecule has 154 valence electrons. The molecule has 0 saturated carbocycles. The molecule has 2 N–H and O–H groups in total. The van der Waals surface area contributed by atoms with Crippen LogP contribution in [-0.2, 0) is 19.6 Å². The molecule has 3 rings (SSSR count). The van der Waals surface area contributed by atoms with Crippen LogP contribution in [0.1, 0.15) is 6.42 Å². The van der Waals surface area contributed by atoms with Gasteiger partial charge in [0, 0.05) is 39.8 Å². The Labute approximate surface area is 171 Å². The number of rotatable bonds is 6. The predicted octanol–water partition coefficient (Wildman–Crippen LogP) is 1.46. The maximum Gasteiger partial charge on any atom is 0.243 e. The van der Waals surface area contributed by atoms with Gasteiger partial charge < -0.3 is 15.4 Å². The van der Waals surface area contributed by atoms with Crippen molar-refractivity contribution in [1.82, 2.24) is 9.21 Å². The lowest BCUT2D eigenvalue weighted by Gasteiger charge is -2.34. The lowest BCUT2D eigenvalue weighted by molar-refractivity contribution is -0.134. The number of halogens is 1. The van der Waals surface area contributed by atoms with Gasteiger partial charge in [0.05, 0.1) is 17.4 Å². The summed E-state index contributed by atoms with van der Waals surface area (Å²) < 4.78 is 32.5. The highest BCUT2D eigenvalue weighted by atomic mass is 35.5. The number of carbonyl (C=O) groups excluding carboxylic acids is 1. The smallest absolute Gasteiger partial charge is 0.243 e. The summed E-state index contributed by atoms with van der Waals surface area (Å²) in [6.45, 7) is 1.57. The number of carbonyl (C=O) groups is 1. The molecule has 9 heteroatoms. The second-order valence-corrected chi connectivity index (χ2v) is 8.53. The second kappa shape index (κ2) is 9.67. The number of hydrogen-bond acceptors (Lipinski definition) is 5. The fraction of sp³-hybridized carbons (Fsp3) is 0.421. The molecule has 1 atom stereocenters. The summed E-state index contributed by atoms with van der Waals surface area (Å²) in [5.41, 5.74) is 5.56. The van der Waals surface area contributed by atoms with Crippen LogP contribution in [0.4, 0.5) is 0 Å². The maximum absolute atomic E-state index is 13.0. The van der Waals surface area contributed by atoms with E-state index in [9.17, 15) is 13.2 Å². The number of sulfonamides is 1. The number of piperazine rings is 1. The zero-order chi connectivity index (χ0) is 19.4. The molecule has 2 aromatic rings. The van der Waals surface area contributed by atoms with Crippen molar-refractivity contribution >= 4 is 39.1 Å². The van der Waals surface area contributed by atoms with Gasteiger partial charge in [-0.25, -0.2) is 8.42 Å². The van der Waals surface area contributed by atoms with E-state index in [4.69, 9.17) is 10.5 Å². The number of fused-ring (bicyclic) bond motifs is 1. The van der Waals surface area contributed by atoms with Crippen molar-refractivity contribution < 1.29 is 17.9 Å². The molecule has 7 nitrogen and oxygen atoms in total. The van der Waals surface area contributed by atoms with Gasteiger partial charge in [-0.2, -0.15) is 4.31 Å². The highest BCUT2D eigenvalue weighted by molar-refractivity contribution is 7.89. The Kier molecular flexibility index (Phi) is 7.79.